The average molecular weight is 546 g/mol. The highest BCUT2D eigenvalue weighted by atomic mass is 35.5. The molecule has 0 saturated heterocycles. The van der Waals surface area contributed by atoms with Crippen molar-refractivity contribution in [2.24, 2.45) is 0 Å². The monoisotopic (exact) mass is 546 g/mol. The van der Waals surface area contributed by atoms with Gasteiger partial charge in [0.15, 0.2) is 0 Å². The zero-order valence-corrected chi connectivity index (χ0v) is 26.8. The second kappa shape index (κ2) is 28.7. The number of halogens is 1. The summed E-state index contributed by atoms with van der Waals surface area (Å²) in [5.74, 6) is 0.230. The highest BCUT2D eigenvalue weighted by Crippen LogP contribution is 2.14. The Labute approximate surface area is 240 Å². The molecular formula is C32H68ClN3O. The van der Waals surface area contributed by atoms with Crippen molar-refractivity contribution in [2.45, 2.75) is 148 Å². The summed E-state index contributed by atoms with van der Waals surface area (Å²) in [6.45, 7) is 6.73. The predicted octanol–water partition coefficient (Wildman–Crippen LogP) is 5.35. The highest BCUT2D eigenvalue weighted by molar-refractivity contribution is 5.75. The highest BCUT2D eigenvalue weighted by Gasteiger charge is 2.13. The molecule has 0 aliphatic carbocycles. The van der Waals surface area contributed by atoms with E-state index in [-0.39, 0.29) is 18.3 Å². The van der Waals surface area contributed by atoms with Crippen molar-refractivity contribution in [1.82, 2.24) is 10.2 Å². The molecule has 0 unspecified atom stereocenters. The number of nitrogens with zero attached hydrogens (tertiary/aromatic N) is 2. The van der Waals surface area contributed by atoms with Crippen molar-refractivity contribution >= 4 is 5.91 Å². The molecule has 0 atom stereocenters. The third-order valence-corrected chi connectivity index (χ3v) is 7.64. The fourth-order valence-electron chi connectivity index (χ4n) is 5.09. The molecule has 224 valence electrons. The van der Waals surface area contributed by atoms with E-state index in [1.54, 1.807) is 0 Å². The van der Waals surface area contributed by atoms with Crippen LogP contribution < -0.4 is 17.7 Å². The van der Waals surface area contributed by atoms with Crippen LogP contribution in [0.25, 0.3) is 0 Å². The molecule has 4 nitrogen and oxygen atoms in total. The van der Waals surface area contributed by atoms with Crippen molar-refractivity contribution in [1.29, 1.82) is 0 Å². The van der Waals surface area contributed by atoms with Crippen LogP contribution in [0.2, 0.25) is 0 Å². The van der Waals surface area contributed by atoms with E-state index in [9.17, 15) is 4.79 Å². The van der Waals surface area contributed by atoms with Crippen molar-refractivity contribution in [2.75, 3.05) is 54.4 Å². The number of amides is 1. The van der Waals surface area contributed by atoms with Gasteiger partial charge >= 0.3 is 0 Å². The Hall–Kier alpha value is -0.320. The van der Waals surface area contributed by atoms with E-state index in [2.05, 4.69) is 45.3 Å². The minimum absolute atomic E-state index is 0. The number of unbranched alkanes of at least 4 members (excludes halogenated alkanes) is 18. The Morgan fingerprint density at radius 2 is 0.973 bits per heavy atom. The van der Waals surface area contributed by atoms with Crippen LogP contribution in [0.3, 0.4) is 0 Å². The molecule has 0 spiro atoms. The Morgan fingerprint density at radius 1 is 0.595 bits per heavy atom. The lowest BCUT2D eigenvalue weighted by atomic mass is 10.0. The van der Waals surface area contributed by atoms with Crippen LogP contribution in [0, 0.1) is 0 Å². The first kappa shape index (κ1) is 38.8. The first-order chi connectivity index (χ1) is 17.4. The summed E-state index contributed by atoms with van der Waals surface area (Å²) in [6.07, 6.45) is 29.5. The van der Waals surface area contributed by atoms with Crippen LogP contribution >= 0.6 is 0 Å². The maximum absolute atomic E-state index is 11.9. The lowest BCUT2D eigenvalue weighted by Gasteiger charge is -2.30. The van der Waals surface area contributed by atoms with Crippen molar-refractivity contribution in [3.63, 3.8) is 0 Å². The molecule has 1 amide bonds. The predicted molar refractivity (Wildman–Crippen MR) is 161 cm³/mol. The largest absolute Gasteiger partial charge is 1.00 e. The average Bonchev–Trinajstić information content (AvgIpc) is 2.83. The number of hydrogen-bond acceptors (Lipinski definition) is 2. The van der Waals surface area contributed by atoms with Crippen LogP contribution in [0.4, 0.5) is 0 Å². The van der Waals surface area contributed by atoms with Gasteiger partial charge < -0.3 is 27.1 Å². The molecule has 0 aromatic rings. The van der Waals surface area contributed by atoms with Crippen molar-refractivity contribution in [3.8, 4) is 0 Å². The smallest absolute Gasteiger partial charge is 0.219 e. The van der Waals surface area contributed by atoms with E-state index in [0.717, 1.165) is 30.4 Å². The Balaban J connectivity index is 0. The summed E-state index contributed by atoms with van der Waals surface area (Å²) in [7, 11) is 8.94. The van der Waals surface area contributed by atoms with Crippen molar-refractivity contribution < 1.29 is 21.7 Å². The summed E-state index contributed by atoms with van der Waals surface area (Å²) in [5.41, 5.74) is 0. The van der Waals surface area contributed by atoms with E-state index in [0.29, 0.717) is 6.42 Å². The lowest BCUT2D eigenvalue weighted by Crippen LogP contribution is -3.00. The quantitative estimate of drug-likeness (QED) is 0.106. The molecule has 5 heteroatoms. The summed E-state index contributed by atoms with van der Waals surface area (Å²) in [4.78, 5) is 14.0. The maximum Gasteiger partial charge on any atom is 0.219 e. The van der Waals surface area contributed by atoms with Gasteiger partial charge in [-0.2, -0.15) is 0 Å². The third kappa shape index (κ3) is 31.8. The molecule has 0 aromatic carbocycles. The van der Waals surface area contributed by atoms with E-state index >= 15 is 0 Å². The van der Waals surface area contributed by atoms with Gasteiger partial charge in [-0.1, -0.05) is 103 Å². The van der Waals surface area contributed by atoms with Crippen LogP contribution in [-0.2, 0) is 4.79 Å². The minimum Gasteiger partial charge on any atom is -1.00 e. The molecule has 0 aromatic heterocycles. The first-order valence-electron chi connectivity index (χ1n) is 16.1. The normalized spacial score (nSPS) is 11.6. The molecule has 0 saturated carbocycles. The molecule has 37 heavy (non-hydrogen) atoms. The summed E-state index contributed by atoms with van der Waals surface area (Å²) in [5, 5.41) is 3.05. The van der Waals surface area contributed by atoms with Gasteiger partial charge in [-0.15, -0.1) is 0 Å². The molecule has 0 bridgehead atoms. The van der Waals surface area contributed by atoms with Gasteiger partial charge in [-0.05, 0) is 59.2 Å². The van der Waals surface area contributed by atoms with E-state index < -0.39 is 0 Å². The number of quaternary nitrogens is 1. The molecule has 1 N–H and O–H groups in total. The zero-order chi connectivity index (χ0) is 26.7. The molecule has 0 rings (SSSR count). The fraction of sp³-hybridized carbons (Fsp3) is 0.969. The topological polar surface area (TPSA) is 32.3 Å². The van der Waals surface area contributed by atoms with Crippen molar-refractivity contribution in [3.05, 3.63) is 0 Å². The summed E-state index contributed by atoms with van der Waals surface area (Å²) in [6, 6.07) is 0. The van der Waals surface area contributed by atoms with Gasteiger partial charge in [0.2, 0.25) is 5.91 Å². The minimum atomic E-state index is 0. The Morgan fingerprint density at radius 3 is 1.38 bits per heavy atom. The SMILES string of the molecule is CCCCCCCCCCCCCCCCCC[N+](C)(C)CCCCCCC(=O)NCCCN(C)C.[Cl-]. The van der Waals surface area contributed by atoms with E-state index in [4.69, 9.17) is 0 Å². The number of rotatable bonds is 28. The molecule has 0 radical (unpaired) electrons. The van der Waals surface area contributed by atoms with Crippen LogP contribution in [0.1, 0.15) is 148 Å². The van der Waals surface area contributed by atoms with Gasteiger partial charge in [-0.3, -0.25) is 4.79 Å². The lowest BCUT2D eigenvalue weighted by molar-refractivity contribution is -0.890. The fourth-order valence-corrected chi connectivity index (χ4v) is 5.09. The van der Waals surface area contributed by atoms with E-state index in [1.165, 1.54) is 135 Å². The second-order valence-electron chi connectivity index (χ2n) is 12.4. The number of carbonyl (C=O) groups is 1. The molecule has 0 aliphatic rings. The number of hydrogen-bond donors (Lipinski definition) is 1. The Kier molecular flexibility index (Phi) is 30.1. The second-order valence-corrected chi connectivity index (χ2v) is 12.4. The first-order valence-corrected chi connectivity index (χ1v) is 16.1. The van der Waals surface area contributed by atoms with Gasteiger partial charge in [0.25, 0.3) is 0 Å². The third-order valence-electron chi connectivity index (χ3n) is 7.64. The number of carbonyl (C=O) groups excluding carboxylic acids is 1. The molecule has 0 heterocycles. The van der Waals surface area contributed by atoms with Gasteiger partial charge in [0, 0.05) is 13.0 Å². The van der Waals surface area contributed by atoms with Crippen LogP contribution in [0.5, 0.6) is 0 Å². The molecule has 0 fully saturated rings. The van der Waals surface area contributed by atoms with Crippen LogP contribution in [0.15, 0.2) is 0 Å². The van der Waals surface area contributed by atoms with Gasteiger partial charge in [0.1, 0.15) is 0 Å². The number of nitrogens with one attached hydrogen (secondary N) is 1. The maximum atomic E-state index is 11.9. The standard InChI is InChI=1S/C32H67N3O.ClH/c1-6-7-8-9-10-11-12-13-14-15-16-17-18-19-21-24-30-35(4,5)31-25-22-20-23-27-32(36)33-28-26-29-34(2)3;/h6-31H2,1-5H3;1H. The van der Waals surface area contributed by atoms with Crippen LogP contribution in [-0.4, -0.2) is 69.7 Å². The molecular weight excluding hydrogens is 478 g/mol. The molecule has 0 aliphatic heterocycles. The summed E-state index contributed by atoms with van der Waals surface area (Å²) >= 11 is 0. The van der Waals surface area contributed by atoms with Gasteiger partial charge in [0.05, 0.1) is 27.2 Å². The summed E-state index contributed by atoms with van der Waals surface area (Å²) < 4.78 is 1.16. The van der Waals surface area contributed by atoms with E-state index in [1.807, 2.05) is 0 Å². The Bertz CT molecular complexity index is 471. The van der Waals surface area contributed by atoms with Gasteiger partial charge in [-0.25, -0.2) is 0 Å². The zero-order valence-electron chi connectivity index (χ0n) is 26.1.